The van der Waals surface area contributed by atoms with Gasteiger partial charge in [0, 0.05) is 13.0 Å². The van der Waals surface area contributed by atoms with E-state index in [1.807, 2.05) is 12.1 Å². The van der Waals surface area contributed by atoms with E-state index in [1.165, 1.54) is 0 Å². The lowest BCUT2D eigenvalue weighted by molar-refractivity contribution is -0.161. The highest BCUT2D eigenvalue weighted by atomic mass is 16.7. The molecule has 6 heteroatoms. The SMILES string of the molecule is CCCOc1nc(N2CCCC3(C2)OCCO3)ccc1N. The third-order valence-electron chi connectivity index (χ3n) is 3.87. The summed E-state index contributed by atoms with van der Waals surface area (Å²) in [5, 5.41) is 0. The van der Waals surface area contributed by atoms with E-state index in [4.69, 9.17) is 19.9 Å². The molecular weight excluding hydrogens is 270 g/mol. The van der Waals surface area contributed by atoms with E-state index < -0.39 is 5.79 Å². The topological polar surface area (TPSA) is 69.8 Å². The Balaban J connectivity index is 1.76. The zero-order chi connectivity index (χ0) is 14.7. The maximum atomic E-state index is 5.92. The highest BCUT2D eigenvalue weighted by Crippen LogP contribution is 2.33. The van der Waals surface area contributed by atoms with Gasteiger partial charge >= 0.3 is 0 Å². The van der Waals surface area contributed by atoms with Crippen molar-refractivity contribution in [2.45, 2.75) is 32.0 Å². The fourth-order valence-electron chi connectivity index (χ4n) is 2.85. The van der Waals surface area contributed by atoms with Crippen LogP contribution in [0.1, 0.15) is 26.2 Å². The summed E-state index contributed by atoms with van der Waals surface area (Å²) in [6.07, 6.45) is 2.90. The van der Waals surface area contributed by atoms with Crippen LogP contribution in [0.15, 0.2) is 12.1 Å². The van der Waals surface area contributed by atoms with Crippen molar-refractivity contribution in [1.29, 1.82) is 0 Å². The lowest BCUT2D eigenvalue weighted by Crippen LogP contribution is -2.49. The van der Waals surface area contributed by atoms with Crippen LogP contribution in [0.2, 0.25) is 0 Å². The van der Waals surface area contributed by atoms with E-state index in [1.54, 1.807) is 0 Å². The van der Waals surface area contributed by atoms with E-state index >= 15 is 0 Å². The molecule has 0 atom stereocenters. The maximum absolute atomic E-state index is 5.92. The molecule has 1 aromatic heterocycles. The molecule has 21 heavy (non-hydrogen) atoms. The van der Waals surface area contributed by atoms with Crippen molar-refractivity contribution in [3.63, 3.8) is 0 Å². The summed E-state index contributed by atoms with van der Waals surface area (Å²) in [5.74, 6) is 0.932. The largest absolute Gasteiger partial charge is 0.476 e. The van der Waals surface area contributed by atoms with E-state index in [0.717, 1.165) is 31.6 Å². The highest BCUT2D eigenvalue weighted by Gasteiger charge is 2.41. The second-order valence-corrected chi connectivity index (χ2v) is 5.55. The molecule has 0 aliphatic carbocycles. The van der Waals surface area contributed by atoms with Crippen LogP contribution in [0, 0.1) is 0 Å². The van der Waals surface area contributed by atoms with E-state index in [2.05, 4.69) is 16.8 Å². The molecule has 2 saturated heterocycles. The third-order valence-corrected chi connectivity index (χ3v) is 3.87. The van der Waals surface area contributed by atoms with Crippen LogP contribution < -0.4 is 15.4 Å². The van der Waals surface area contributed by atoms with Crippen LogP contribution in [-0.2, 0) is 9.47 Å². The average Bonchev–Trinajstić information content (AvgIpc) is 2.94. The Hall–Kier alpha value is -1.53. The Morgan fingerprint density at radius 1 is 1.38 bits per heavy atom. The van der Waals surface area contributed by atoms with Crippen molar-refractivity contribution in [1.82, 2.24) is 4.98 Å². The number of hydrogen-bond acceptors (Lipinski definition) is 6. The molecule has 1 aromatic rings. The van der Waals surface area contributed by atoms with Crippen LogP contribution in [-0.4, -0.2) is 43.7 Å². The lowest BCUT2D eigenvalue weighted by atomic mass is 10.0. The van der Waals surface area contributed by atoms with Crippen LogP contribution in [0.3, 0.4) is 0 Å². The Kier molecular flexibility index (Phi) is 4.17. The quantitative estimate of drug-likeness (QED) is 0.913. The molecule has 0 amide bonds. The highest BCUT2D eigenvalue weighted by molar-refractivity contribution is 5.54. The molecule has 0 unspecified atom stereocenters. The number of nitrogens with zero attached hydrogens (tertiary/aromatic N) is 2. The summed E-state index contributed by atoms with van der Waals surface area (Å²) < 4.78 is 17.2. The Morgan fingerprint density at radius 2 is 2.19 bits per heavy atom. The Bertz CT molecular complexity index is 489. The first-order chi connectivity index (χ1) is 10.2. The summed E-state index contributed by atoms with van der Waals surface area (Å²) in [7, 11) is 0. The molecule has 3 rings (SSSR count). The normalized spacial score (nSPS) is 20.9. The molecular formula is C15H23N3O3. The molecule has 0 aromatic carbocycles. The average molecular weight is 293 g/mol. The Morgan fingerprint density at radius 3 is 2.95 bits per heavy atom. The second kappa shape index (κ2) is 6.07. The monoisotopic (exact) mass is 293 g/mol. The number of rotatable bonds is 4. The minimum atomic E-state index is -0.453. The molecule has 0 bridgehead atoms. The van der Waals surface area contributed by atoms with E-state index in [-0.39, 0.29) is 0 Å². The number of nitrogen functional groups attached to an aromatic ring is 1. The van der Waals surface area contributed by atoms with Crippen molar-refractivity contribution in [3.8, 4) is 5.88 Å². The fourth-order valence-corrected chi connectivity index (χ4v) is 2.85. The zero-order valence-electron chi connectivity index (χ0n) is 12.5. The van der Waals surface area contributed by atoms with Gasteiger partial charge in [-0.2, -0.15) is 4.98 Å². The number of hydrogen-bond donors (Lipinski definition) is 1. The van der Waals surface area contributed by atoms with Crippen LogP contribution in [0.4, 0.5) is 11.5 Å². The minimum absolute atomic E-state index is 0.453. The van der Waals surface area contributed by atoms with Crippen molar-refractivity contribution in [3.05, 3.63) is 12.1 Å². The van der Waals surface area contributed by atoms with Crippen molar-refractivity contribution in [2.75, 3.05) is 43.5 Å². The van der Waals surface area contributed by atoms with Gasteiger partial charge < -0.3 is 24.8 Å². The predicted molar refractivity (Wildman–Crippen MR) is 80.5 cm³/mol. The summed E-state index contributed by atoms with van der Waals surface area (Å²) >= 11 is 0. The Labute approximate surface area is 125 Å². The first-order valence-corrected chi connectivity index (χ1v) is 7.65. The molecule has 6 nitrogen and oxygen atoms in total. The lowest BCUT2D eigenvalue weighted by Gasteiger charge is -2.39. The number of aromatic nitrogens is 1. The summed E-state index contributed by atoms with van der Waals surface area (Å²) in [4.78, 5) is 6.74. The zero-order valence-corrected chi connectivity index (χ0v) is 12.5. The van der Waals surface area contributed by atoms with Gasteiger partial charge in [0.25, 0.3) is 0 Å². The van der Waals surface area contributed by atoms with Gasteiger partial charge in [-0.3, -0.25) is 0 Å². The standard InChI is InChI=1S/C15H23N3O3/c1-2-8-19-14-12(16)4-5-13(17-14)18-7-3-6-15(11-18)20-9-10-21-15/h4-5H,2-3,6-11,16H2,1H3. The van der Waals surface area contributed by atoms with Gasteiger partial charge in [0.2, 0.25) is 5.88 Å². The van der Waals surface area contributed by atoms with Gasteiger partial charge in [-0.25, -0.2) is 0 Å². The van der Waals surface area contributed by atoms with Gasteiger partial charge in [0.15, 0.2) is 5.79 Å². The third kappa shape index (κ3) is 3.06. The number of anilines is 2. The fraction of sp³-hybridized carbons (Fsp3) is 0.667. The van der Waals surface area contributed by atoms with Crippen molar-refractivity contribution in [2.24, 2.45) is 0 Å². The van der Waals surface area contributed by atoms with Crippen molar-refractivity contribution < 1.29 is 14.2 Å². The van der Waals surface area contributed by atoms with Crippen LogP contribution in [0.5, 0.6) is 5.88 Å². The van der Waals surface area contributed by atoms with Gasteiger partial charge in [-0.15, -0.1) is 0 Å². The molecule has 2 N–H and O–H groups in total. The number of piperidine rings is 1. The molecule has 2 aliphatic rings. The molecule has 2 aliphatic heterocycles. The minimum Gasteiger partial charge on any atom is -0.476 e. The second-order valence-electron chi connectivity index (χ2n) is 5.55. The van der Waals surface area contributed by atoms with Gasteiger partial charge in [-0.05, 0) is 25.0 Å². The smallest absolute Gasteiger partial charge is 0.239 e. The van der Waals surface area contributed by atoms with Crippen LogP contribution >= 0.6 is 0 Å². The van der Waals surface area contributed by atoms with E-state index in [9.17, 15) is 0 Å². The molecule has 0 radical (unpaired) electrons. The van der Waals surface area contributed by atoms with Crippen molar-refractivity contribution >= 4 is 11.5 Å². The maximum Gasteiger partial charge on any atom is 0.239 e. The predicted octanol–water partition coefficient (Wildman–Crippen LogP) is 1.80. The van der Waals surface area contributed by atoms with Crippen LogP contribution in [0.25, 0.3) is 0 Å². The molecule has 116 valence electrons. The van der Waals surface area contributed by atoms with E-state index in [0.29, 0.717) is 37.9 Å². The molecule has 3 heterocycles. The molecule has 0 saturated carbocycles. The van der Waals surface area contributed by atoms with Gasteiger partial charge in [0.1, 0.15) is 5.82 Å². The number of ether oxygens (including phenoxy) is 3. The van der Waals surface area contributed by atoms with Gasteiger partial charge in [-0.1, -0.05) is 6.92 Å². The number of nitrogens with two attached hydrogens (primary N) is 1. The number of pyridine rings is 1. The summed E-state index contributed by atoms with van der Waals surface area (Å²) in [5.41, 5.74) is 6.50. The molecule has 2 fully saturated rings. The first-order valence-electron chi connectivity index (χ1n) is 7.65. The summed E-state index contributed by atoms with van der Waals surface area (Å²) in [6, 6.07) is 3.78. The summed E-state index contributed by atoms with van der Waals surface area (Å²) in [6.45, 7) is 5.68. The first kappa shape index (κ1) is 14.4. The van der Waals surface area contributed by atoms with Gasteiger partial charge in [0.05, 0.1) is 32.1 Å². The molecule has 1 spiro atoms.